The minimum atomic E-state index is -1.52. The Morgan fingerprint density at radius 3 is 2.48 bits per heavy atom. The van der Waals surface area contributed by atoms with Gasteiger partial charge in [-0.15, -0.1) is 0 Å². The Morgan fingerprint density at radius 2 is 1.87 bits per heavy atom. The molecule has 0 aliphatic heterocycles. The maximum Gasteiger partial charge on any atom is 0.355 e. The summed E-state index contributed by atoms with van der Waals surface area (Å²) in [5.41, 5.74) is -0.759. The van der Waals surface area contributed by atoms with Gasteiger partial charge < -0.3 is 14.6 Å². The van der Waals surface area contributed by atoms with Crippen LogP contribution in [0, 0.1) is 0 Å². The molecule has 0 saturated carbocycles. The highest BCUT2D eigenvalue weighted by Crippen LogP contribution is 2.21. The SMILES string of the molecule is CCc1ccc2oc3cc(C(=O)O)c(C(=O)O)nc3c(=O)c2c1. The largest absolute Gasteiger partial charge is 0.478 e. The highest BCUT2D eigenvalue weighted by Gasteiger charge is 2.21. The molecule has 0 spiro atoms. The molecular weight excluding hydrogens is 302 g/mol. The van der Waals surface area contributed by atoms with Crippen molar-refractivity contribution in [3.8, 4) is 0 Å². The Balaban J connectivity index is 2.46. The standard InChI is InChI=1S/C16H11NO6/c1-2-7-3-4-10-8(5-7)14(18)13-11(23-10)6-9(15(19)20)12(17-13)16(21)22/h3-6H,2H2,1H3,(H,19,20)(H,21,22). The minimum Gasteiger partial charge on any atom is -0.478 e. The smallest absolute Gasteiger partial charge is 0.355 e. The Kier molecular flexibility index (Phi) is 3.33. The number of hydrogen-bond acceptors (Lipinski definition) is 5. The Hall–Kier alpha value is -3.22. The molecule has 0 fully saturated rings. The Morgan fingerprint density at radius 1 is 1.13 bits per heavy atom. The van der Waals surface area contributed by atoms with Crippen molar-refractivity contribution < 1.29 is 24.2 Å². The van der Waals surface area contributed by atoms with Gasteiger partial charge in [-0.3, -0.25) is 4.79 Å². The predicted molar refractivity (Wildman–Crippen MR) is 81.1 cm³/mol. The number of benzene rings is 1. The predicted octanol–water partition coefficient (Wildman–Crippen LogP) is 2.30. The number of carboxylic acid groups (broad SMARTS) is 2. The van der Waals surface area contributed by atoms with E-state index in [0.717, 1.165) is 18.1 Å². The average Bonchev–Trinajstić information content (AvgIpc) is 2.53. The molecule has 0 atom stereocenters. The third-order valence-electron chi connectivity index (χ3n) is 3.55. The number of aromatic carboxylic acids is 2. The van der Waals surface area contributed by atoms with Crippen LogP contribution >= 0.6 is 0 Å². The van der Waals surface area contributed by atoms with E-state index in [2.05, 4.69) is 4.98 Å². The van der Waals surface area contributed by atoms with Gasteiger partial charge >= 0.3 is 11.9 Å². The number of fused-ring (bicyclic) bond motifs is 2. The van der Waals surface area contributed by atoms with Gasteiger partial charge in [0.1, 0.15) is 5.58 Å². The molecule has 3 aromatic rings. The summed E-state index contributed by atoms with van der Waals surface area (Å²) < 4.78 is 5.53. The molecule has 0 unspecified atom stereocenters. The van der Waals surface area contributed by atoms with E-state index in [1.807, 2.05) is 6.92 Å². The van der Waals surface area contributed by atoms with E-state index in [1.54, 1.807) is 18.2 Å². The fraction of sp³-hybridized carbons (Fsp3) is 0.125. The molecule has 0 aliphatic carbocycles. The molecule has 1 aromatic carbocycles. The summed E-state index contributed by atoms with van der Waals surface area (Å²) >= 11 is 0. The van der Waals surface area contributed by atoms with Crippen molar-refractivity contribution in [3.05, 3.63) is 51.3 Å². The maximum absolute atomic E-state index is 12.5. The van der Waals surface area contributed by atoms with Gasteiger partial charge in [-0.25, -0.2) is 14.6 Å². The fourth-order valence-corrected chi connectivity index (χ4v) is 2.37. The summed E-state index contributed by atoms with van der Waals surface area (Å²) in [6, 6.07) is 6.10. The van der Waals surface area contributed by atoms with Crippen LogP contribution < -0.4 is 5.43 Å². The summed E-state index contributed by atoms with van der Waals surface area (Å²) in [5, 5.41) is 18.5. The van der Waals surface area contributed by atoms with Crippen molar-refractivity contribution in [2.45, 2.75) is 13.3 Å². The molecule has 2 aromatic heterocycles. The first-order valence-electron chi connectivity index (χ1n) is 6.79. The number of aryl methyl sites for hydroxylation is 1. The number of nitrogens with zero attached hydrogens (tertiary/aromatic N) is 1. The molecule has 0 bridgehead atoms. The fourth-order valence-electron chi connectivity index (χ4n) is 2.37. The lowest BCUT2D eigenvalue weighted by molar-refractivity contribution is 0.0647. The number of aromatic nitrogens is 1. The first kappa shape index (κ1) is 14.7. The molecule has 3 rings (SSSR count). The van der Waals surface area contributed by atoms with Crippen LogP contribution in [0.1, 0.15) is 33.3 Å². The highest BCUT2D eigenvalue weighted by molar-refractivity contribution is 6.03. The summed E-state index contributed by atoms with van der Waals surface area (Å²) in [7, 11) is 0. The van der Waals surface area contributed by atoms with Gasteiger partial charge in [-0.2, -0.15) is 0 Å². The normalized spacial score (nSPS) is 11.0. The van der Waals surface area contributed by atoms with Crippen molar-refractivity contribution in [3.63, 3.8) is 0 Å². The van der Waals surface area contributed by atoms with Crippen LogP contribution in [0.5, 0.6) is 0 Å². The van der Waals surface area contributed by atoms with E-state index >= 15 is 0 Å². The van der Waals surface area contributed by atoms with Crippen LogP contribution in [0.25, 0.3) is 22.1 Å². The summed E-state index contributed by atoms with van der Waals surface area (Å²) in [5.74, 6) is -2.98. The van der Waals surface area contributed by atoms with Gasteiger partial charge in [0, 0.05) is 6.07 Å². The number of carbonyl (C=O) groups is 2. The Bertz CT molecular complexity index is 1030. The van der Waals surface area contributed by atoms with Gasteiger partial charge in [0.05, 0.1) is 10.9 Å². The molecular formula is C16H11NO6. The van der Waals surface area contributed by atoms with Crippen LogP contribution in [0.15, 0.2) is 33.5 Å². The topological polar surface area (TPSA) is 118 Å². The lowest BCUT2D eigenvalue weighted by Crippen LogP contribution is -2.14. The quantitative estimate of drug-likeness (QED) is 0.712. The van der Waals surface area contributed by atoms with Crippen molar-refractivity contribution in [1.82, 2.24) is 4.98 Å². The lowest BCUT2D eigenvalue weighted by atomic mass is 10.1. The molecule has 116 valence electrons. The molecule has 7 nitrogen and oxygen atoms in total. The van der Waals surface area contributed by atoms with Crippen LogP contribution in [-0.4, -0.2) is 27.1 Å². The van der Waals surface area contributed by atoms with Crippen molar-refractivity contribution in [2.24, 2.45) is 0 Å². The second kappa shape index (κ2) is 5.20. The molecule has 0 radical (unpaired) electrons. The van der Waals surface area contributed by atoms with Crippen molar-refractivity contribution in [1.29, 1.82) is 0 Å². The highest BCUT2D eigenvalue weighted by atomic mass is 16.4. The van der Waals surface area contributed by atoms with E-state index in [0.29, 0.717) is 5.58 Å². The average molecular weight is 313 g/mol. The van der Waals surface area contributed by atoms with Gasteiger partial charge in [0.15, 0.2) is 16.8 Å². The van der Waals surface area contributed by atoms with Gasteiger partial charge in [0.25, 0.3) is 0 Å². The number of pyridine rings is 1. The molecule has 2 N–H and O–H groups in total. The number of rotatable bonds is 3. The third-order valence-corrected chi connectivity index (χ3v) is 3.55. The van der Waals surface area contributed by atoms with E-state index in [-0.39, 0.29) is 16.5 Å². The monoisotopic (exact) mass is 313 g/mol. The third kappa shape index (κ3) is 2.32. The molecule has 7 heteroatoms. The van der Waals surface area contributed by atoms with Crippen LogP contribution in [0.2, 0.25) is 0 Å². The Labute approximate surface area is 128 Å². The van der Waals surface area contributed by atoms with E-state index in [4.69, 9.17) is 14.6 Å². The number of hydrogen-bond donors (Lipinski definition) is 2. The van der Waals surface area contributed by atoms with Crippen LogP contribution in [-0.2, 0) is 6.42 Å². The molecule has 23 heavy (non-hydrogen) atoms. The van der Waals surface area contributed by atoms with E-state index < -0.39 is 28.6 Å². The first-order chi connectivity index (χ1) is 10.9. The molecule has 2 heterocycles. The van der Waals surface area contributed by atoms with Crippen LogP contribution in [0.3, 0.4) is 0 Å². The molecule has 0 aliphatic rings. The van der Waals surface area contributed by atoms with Crippen LogP contribution in [0.4, 0.5) is 0 Å². The van der Waals surface area contributed by atoms with Gasteiger partial charge in [0.2, 0.25) is 5.43 Å². The maximum atomic E-state index is 12.5. The molecule has 0 amide bonds. The zero-order valence-corrected chi connectivity index (χ0v) is 12.0. The summed E-state index contributed by atoms with van der Waals surface area (Å²) in [6.07, 6.45) is 0.721. The van der Waals surface area contributed by atoms with Gasteiger partial charge in [-0.05, 0) is 24.1 Å². The van der Waals surface area contributed by atoms with Crippen molar-refractivity contribution >= 4 is 34.0 Å². The summed E-state index contributed by atoms with van der Waals surface area (Å²) in [6.45, 7) is 1.93. The molecule has 0 saturated heterocycles. The second-order valence-corrected chi connectivity index (χ2v) is 4.96. The number of carboxylic acids is 2. The minimum absolute atomic E-state index is 0.0610. The summed E-state index contributed by atoms with van der Waals surface area (Å²) in [4.78, 5) is 38.6. The lowest BCUT2D eigenvalue weighted by Gasteiger charge is -2.06. The van der Waals surface area contributed by atoms with E-state index in [1.165, 1.54) is 0 Å². The van der Waals surface area contributed by atoms with Crippen molar-refractivity contribution in [2.75, 3.05) is 0 Å². The zero-order valence-electron chi connectivity index (χ0n) is 12.0. The van der Waals surface area contributed by atoms with E-state index in [9.17, 15) is 14.4 Å². The first-order valence-corrected chi connectivity index (χ1v) is 6.79. The zero-order chi connectivity index (χ0) is 16.7. The van der Waals surface area contributed by atoms with Gasteiger partial charge in [-0.1, -0.05) is 13.0 Å². The second-order valence-electron chi connectivity index (χ2n) is 4.96.